The summed E-state index contributed by atoms with van der Waals surface area (Å²) in [4.78, 5) is 16.8. The van der Waals surface area contributed by atoms with Crippen molar-refractivity contribution in [3.63, 3.8) is 0 Å². The summed E-state index contributed by atoms with van der Waals surface area (Å²) in [7, 11) is 0. The Morgan fingerprint density at radius 2 is 1.64 bits per heavy atom. The summed E-state index contributed by atoms with van der Waals surface area (Å²) in [6, 6.07) is 20.5. The van der Waals surface area contributed by atoms with E-state index in [0.717, 1.165) is 43.9 Å². The van der Waals surface area contributed by atoms with Crippen LogP contribution in [-0.2, 0) is 4.79 Å². The SMILES string of the molecule is CC(/C=N/NC(=O)CCN1CCN(c2ccccc2)CC1)=C\c1ccccc1. The van der Waals surface area contributed by atoms with Crippen molar-refractivity contribution in [3.05, 3.63) is 71.8 Å². The molecule has 1 saturated heterocycles. The van der Waals surface area contributed by atoms with E-state index in [1.54, 1.807) is 6.21 Å². The van der Waals surface area contributed by atoms with Gasteiger partial charge >= 0.3 is 0 Å². The van der Waals surface area contributed by atoms with Crippen LogP contribution in [0.1, 0.15) is 18.9 Å². The molecule has 0 spiro atoms. The number of piperazine rings is 1. The predicted octanol–water partition coefficient (Wildman–Crippen LogP) is 3.40. The minimum Gasteiger partial charge on any atom is -0.369 e. The lowest BCUT2D eigenvalue weighted by Gasteiger charge is -2.36. The van der Waals surface area contributed by atoms with E-state index in [1.807, 2.05) is 49.4 Å². The van der Waals surface area contributed by atoms with Gasteiger partial charge < -0.3 is 4.90 Å². The van der Waals surface area contributed by atoms with E-state index >= 15 is 0 Å². The molecule has 0 aromatic heterocycles. The van der Waals surface area contributed by atoms with Gasteiger partial charge in [-0.15, -0.1) is 0 Å². The highest BCUT2D eigenvalue weighted by Crippen LogP contribution is 2.15. The molecule has 0 bridgehead atoms. The Morgan fingerprint density at radius 1 is 1.00 bits per heavy atom. The Balaban J connectivity index is 1.35. The van der Waals surface area contributed by atoms with Gasteiger partial charge in [0.1, 0.15) is 0 Å². The average Bonchev–Trinajstić information content (AvgIpc) is 2.74. The number of hydrazone groups is 1. The highest BCUT2D eigenvalue weighted by atomic mass is 16.2. The first kappa shape index (κ1) is 19.8. The normalized spacial score (nSPS) is 15.8. The van der Waals surface area contributed by atoms with Crippen molar-refractivity contribution < 1.29 is 4.79 Å². The fourth-order valence-electron chi connectivity index (χ4n) is 3.24. The molecule has 1 aliphatic heterocycles. The topological polar surface area (TPSA) is 47.9 Å². The zero-order chi connectivity index (χ0) is 19.6. The van der Waals surface area contributed by atoms with Crippen LogP contribution in [0.15, 0.2) is 71.3 Å². The fourth-order valence-corrected chi connectivity index (χ4v) is 3.24. The molecule has 28 heavy (non-hydrogen) atoms. The van der Waals surface area contributed by atoms with E-state index in [4.69, 9.17) is 0 Å². The summed E-state index contributed by atoms with van der Waals surface area (Å²) in [5.41, 5.74) is 6.00. The number of nitrogens with zero attached hydrogens (tertiary/aromatic N) is 3. The third-order valence-electron chi connectivity index (χ3n) is 4.80. The van der Waals surface area contributed by atoms with Gasteiger partial charge in [0, 0.05) is 44.8 Å². The highest BCUT2D eigenvalue weighted by molar-refractivity contribution is 5.86. The number of carbonyl (C=O) groups is 1. The standard InChI is InChI=1S/C23H28N4O/c1-20(18-21-8-4-2-5-9-21)19-24-25-23(28)12-13-26-14-16-27(17-15-26)22-10-6-3-7-11-22/h2-11,18-19H,12-17H2,1H3,(H,25,28)/b20-18+,24-19+. The van der Waals surface area contributed by atoms with Crippen LogP contribution in [0.3, 0.4) is 0 Å². The Hall–Kier alpha value is -2.92. The van der Waals surface area contributed by atoms with E-state index < -0.39 is 0 Å². The van der Waals surface area contributed by atoms with Gasteiger partial charge in [-0.2, -0.15) is 5.10 Å². The van der Waals surface area contributed by atoms with E-state index in [-0.39, 0.29) is 5.91 Å². The smallest absolute Gasteiger partial charge is 0.241 e. The summed E-state index contributed by atoms with van der Waals surface area (Å²) in [5.74, 6) is -0.0470. The van der Waals surface area contributed by atoms with Crippen LogP contribution in [0.2, 0.25) is 0 Å². The fraction of sp³-hybridized carbons (Fsp3) is 0.304. The first-order valence-corrected chi connectivity index (χ1v) is 9.78. The van der Waals surface area contributed by atoms with Crippen LogP contribution in [0.25, 0.3) is 6.08 Å². The molecule has 0 atom stereocenters. The van der Waals surface area contributed by atoms with E-state index in [0.29, 0.717) is 6.42 Å². The van der Waals surface area contributed by atoms with Gasteiger partial charge in [-0.3, -0.25) is 9.69 Å². The number of para-hydroxylation sites is 1. The second-order valence-electron chi connectivity index (χ2n) is 7.01. The van der Waals surface area contributed by atoms with Crippen molar-refractivity contribution in [2.24, 2.45) is 5.10 Å². The number of allylic oxidation sites excluding steroid dienone is 1. The van der Waals surface area contributed by atoms with Crippen LogP contribution in [0.5, 0.6) is 0 Å². The summed E-state index contributed by atoms with van der Waals surface area (Å²) in [5, 5.41) is 4.06. The largest absolute Gasteiger partial charge is 0.369 e. The van der Waals surface area contributed by atoms with Crippen molar-refractivity contribution in [1.82, 2.24) is 10.3 Å². The number of anilines is 1. The number of carbonyl (C=O) groups excluding carboxylic acids is 1. The van der Waals surface area contributed by atoms with Crippen molar-refractivity contribution >= 4 is 23.9 Å². The molecule has 146 valence electrons. The number of rotatable bonds is 7. The summed E-state index contributed by atoms with van der Waals surface area (Å²) < 4.78 is 0. The molecule has 5 heteroatoms. The Labute approximate surface area is 167 Å². The quantitative estimate of drug-likeness (QED) is 0.595. The first-order valence-electron chi connectivity index (χ1n) is 9.78. The Kier molecular flexibility index (Phi) is 7.38. The number of benzene rings is 2. The molecule has 1 heterocycles. The summed E-state index contributed by atoms with van der Waals surface area (Å²) in [6.07, 6.45) is 4.18. The molecule has 0 unspecified atom stereocenters. The monoisotopic (exact) mass is 376 g/mol. The first-order chi connectivity index (χ1) is 13.7. The van der Waals surface area contributed by atoms with Gasteiger partial charge in [0.05, 0.1) is 6.21 Å². The molecular weight excluding hydrogens is 348 g/mol. The minimum atomic E-state index is -0.0470. The Bertz CT molecular complexity index is 794. The number of hydrogen-bond donors (Lipinski definition) is 1. The third kappa shape index (κ3) is 6.35. The lowest BCUT2D eigenvalue weighted by Crippen LogP contribution is -2.47. The van der Waals surface area contributed by atoms with Crippen molar-refractivity contribution in [2.75, 3.05) is 37.6 Å². The lowest BCUT2D eigenvalue weighted by atomic mass is 10.1. The van der Waals surface area contributed by atoms with Gasteiger partial charge in [0.2, 0.25) is 5.91 Å². The van der Waals surface area contributed by atoms with Gasteiger partial charge in [-0.1, -0.05) is 54.6 Å². The molecule has 3 rings (SSSR count). The number of nitrogens with one attached hydrogen (secondary N) is 1. The minimum absolute atomic E-state index is 0.0470. The molecule has 1 fully saturated rings. The average molecular weight is 377 g/mol. The number of amides is 1. The summed E-state index contributed by atoms with van der Waals surface area (Å²) in [6.45, 7) is 6.67. The van der Waals surface area contributed by atoms with E-state index in [2.05, 4.69) is 44.6 Å². The molecule has 0 aliphatic carbocycles. The predicted molar refractivity (Wildman–Crippen MR) is 116 cm³/mol. The maximum atomic E-state index is 12.0. The maximum absolute atomic E-state index is 12.0. The Morgan fingerprint density at radius 3 is 2.32 bits per heavy atom. The molecule has 2 aromatic carbocycles. The van der Waals surface area contributed by atoms with Crippen LogP contribution in [-0.4, -0.2) is 49.7 Å². The number of hydrogen-bond acceptors (Lipinski definition) is 4. The maximum Gasteiger partial charge on any atom is 0.241 e. The molecular formula is C23H28N4O. The zero-order valence-electron chi connectivity index (χ0n) is 16.4. The van der Waals surface area contributed by atoms with Crippen LogP contribution in [0, 0.1) is 0 Å². The lowest BCUT2D eigenvalue weighted by molar-refractivity contribution is -0.121. The van der Waals surface area contributed by atoms with Gasteiger partial charge in [-0.25, -0.2) is 5.43 Å². The molecule has 1 N–H and O–H groups in total. The van der Waals surface area contributed by atoms with Crippen LogP contribution < -0.4 is 10.3 Å². The van der Waals surface area contributed by atoms with Crippen molar-refractivity contribution in [2.45, 2.75) is 13.3 Å². The zero-order valence-corrected chi connectivity index (χ0v) is 16.4. The molecule has 1 amide bonds. The molecule has 1 aliphatic rings. The second-order valence-corrected chi connectivity index (χ2v) is 7.01. The van der Waals surface area contributed by atoms with Crippen LogP contribution >= 0.6 is 0 Å². The molecule has 2 aromatic rings. The van der Waals surface area contributed by atoms with Gasteiger partial charge in [0.25, 0.3) is 0 Å². The van der Waals surface area contributed by atoms with Gasteiger partial charge in [-0.05, 0) is 30.2 Å². The molecule has 0 radical (unpaired) electrons. The third-order valence-corrected chi connectivity index (χ3v) is 4.80. The summed E-state index contributed by atoms with van der Waals surface area (Å²) >= 11 is 0. The van der Waals surface area contributed by atoms with E-state index in [9.17, 15) is 4.79 Å². The molecule has 0 saturated carbocycles. The van der Waals surface area contributed by atoms with E-state index in [1.165, 1.54) is 5.69 Å². The van der Waals surface area contributed by atoms with Gasteiger partial charge in [0.15, 0.2) is 0 Å². The second kappa shape index (κ2) is 10.4. The van der Waals surface area contributed by atoms with Crippen LogP contribution in [0.4, 0.5) is 5.69 Å². The van der Waals surface area contributed by atoms with Crippen molar-refractivity contribution in [3.8, 4) is 0 Å². The highest BCUT2D eigenvalue weighted by Gasteiger charge is 2.17. The van der Waals surface area contributed by atoms with Crippen molar-refractivity contribution in [1.29, 1.82) is 0 Å². The molecule has 5 nitrogen and oxygen atoms in total.